The third kappa shape index (κ3) is 2.80. The molecule has 1 N–H and O–H groups in total. The van der Waals surface area contributed by atoms with Crippen LogP contribution in [0.15, 0.2) is 30.6 Å². The number of hydrogen-bond acceptors (Lipinski definition) is 5. The largest absolute Gasteiger partial charge is 0.380 e. The fourth-order valence-corrected chi connectivity index (χ4v) is 3.63. The number of likely N-dealkylation sites (tertiary alicyclic amines) is 1. The number of rotatable bonds is 4. The second kappa shape index (κ2) is 6.31. The molecule has 4 heterocycles. The number of pyridine rings is 1. The molecule has 128 valence electrons. The maximum Gasteiger partial charge on any atom is 0.167 e. The van der Waals surface area contributed by atoms with Gasteiger partial charge in [0.05, 0.1) is 23.2 Å². The van der Waals surface area contributed by atoms with Crippen LogP contribution in [0.1, 0.15) is 35.2 Å². The third-order valence-electron chi connectivity index (χ3n) is 4.86. The van der Waals surface area contributed by atoms with Crippen molar-refractivity contribution < 1.29 is 4.74 Å². The fourth-order valence-electron chi connectivity index (χ4n) is 3.63. The van der Waals surface area contributed by atoms with Gasteiger partial charge in [-0.3, -0.25) is 10.00 Å². The Hall–Kier alpha value is -2.69. The molecule has 0 saturated carbocycles. The van der Waals surface area contributed by atoms with Crippen LogP contribution in [0, 0.1) is 18.3 Å². The predicted octanol–water partition coefficient (Wildman–Crippen LogP) is 2.20. The number of aryl methyl sites for hydroxylation is 1. The summed E-state index contributed by atoms with van der Waals surface area (Å²) in [4.78, 5) is 6.80. The highest BCUT2D eigenvalue weighted by molar-refractivity contribution is 5.65. The fraction of sp³-hybridized carbons (Fsp3) is 0.389. The standard InChI is InChI=1S/C18H20N6O/c1-12-20-18(22-21-12)17-7-14(25-2)11-24(17)10-13-9-23-6-4-3-5-16(23)15(13)8-19/h3-6,9,14,17H,7,10-11H2,1-2H3,(H,20,21,22)/t14-,17+/m1/s1. The summed E-state index contributed by atoms with van der Waals surface area (Å²) in [6.45, 7) is 3.37. The lowest BCUT2D eigenvalue weighted by atomic mass is 10.1. The van der Waals surface area contributed by atoms with Crippen LogP contribution in [0.25, 0.3) is 5.52 Å². The van der Waals surface area contributed by atoms with Gasteiger partial charge >= 0.3 is 0 Å². The first-order valence-corrected chi connectivity index (χ1v) is 8.34. The zero-order valence-corrected chi connectivity index (χ0v) is 14.3. The Bertz CT molecular complexity index is 937. The molecule has 0 amide bonds. The van der Waals surface area contributed by atoms with Gasteiger partial charge in [0.15, 0.2) is 5.82 Å². The minimum absolute atomic E-state index is 0.0875. The molecule has 0 radical (unpaired) electrons. The van der Waals surface area contributed by atoms with Crippen LogP contribution in [-0.4, -0.2) is 44.2 Å². The van der Waals surface area contributed by atoms with Gasteiger partial charge < -0.3 is 9.14 Å². The minimum Gasteiger partial charge on any atom is -0.380 e. The van der Waals surface area contributed by atoms with Crippen molar-refractivity contribution in [3.05, 3.63) is 53.4 Å². The summed E-state index contributed by atoms with van der Waals surface area (Å²) in [5, 5.41) is 16.9. The minimum atomic E-state index is 0.0875. The molecule has 1 aliphatic rings. The van der Waals surface area contributed by atoms with Crippen molar-refractivity contribution in [3.8, 4) is 6.07 Å². The maximum atomic E-state index is 9.63. The molecule has 4 rings (SSSR count). The first-order chi connectivity index (χ1) is 12.2. The zero-order valence-electron chi connectivity index (χ0n) is 14.3. The number of methoxy groups -OCH3 is 1. The third-order valence-corrected chi connectivity index (χ3v) is 4.86. The summed E-state index contributed by atoms with van der Waals surface area (Å²) in [6.07, 6.45) is 5.00. The highest BCUT2D eigenvalue weighted by Gasteiger charge is 2.36. The van der Waals surface area contributed by atoms with Gasteiger partial charge in [-0.15, -0.1) is 0 Å². The molecule has 1 fully saturated rings. The zero-order chi connectivity index (χ0) is 17.4. The van der Waals surface area contributed by atoms with E-state index in [1.807, 2.05) is 41.9 Å². The molecule has 0 aliphatic carbocycles. The Morgan fingerprint density at radius 3 is 3.04 bits per heavy atom. The van der Waals surface area contributed by atoms with Crippen molar-refractivity contribution in [2.75, 3.05) is 13.7 Å². The second-order valence-corrected chi connectivity index (χ2v) is 6.45. The van der Waals surface area contributed by atoms with Crippen molar-refractivity contribution >= 4 is 5.52 Å². The SMILES string of the molecule is CO[C@@H]1C[C@@H](c2n[nH]c(C)n2)N(Cc2cn3ccccc3c2C#N)C1. The van der Waals surface area contributed by atoms with Crippen molar-refractivity contribution in [1.29, 1.82) is 5.26 Å². The van der Waals surface area contributed by atoms with Crippen LogP contribution in [-0.2, 0) is 11.3 Å². The maximum absolute atomic E-state index is 9.63. The molecular weight excluding hydrogens is 316 g/mol. The number of aromatic amines is 1. The molecule has 3 aromatic rings. The van der Waals surface area contributed by atoms with Crippen molar-refractivity contribution in [2.24, 2.45) is 0 Å². The summed E-state index contributed by atoms with van der Waals surface area (Å²) < 4.78 is 7.58. The molecule has 1 saturated heterocycles. The molecule has 7 nitrogen and oxygen atoms in total. The van der Waals surface area contributed by atoms with Crippen molar-refractivity contribution in [1.82, 2.24) is 24.5 Å². The Morgan fingerprint density at radius 2 is 2.32 bits per heavy atom. The average Bonchev–Trinajstić information content (AvgIpc) is 3.31. The van der Waals surface area contributed by atoms with Gasteiger partial charge in [0.1, 0.15) is 11.9 Å². The van der Waals surface area contributed by atoms with Crippen molar-refractivity contribution in [3.63, 3.8) is 0 Å². The first-order valence-electron chi connectivity index (χ1n) is 8.34. The van der Waals surface area contributed by atoms with Crippen LogP contribution in [0.4, 0.5) is 0 Å². The van der Waals surface area contributed by atoms with Gasteiger partial charge in [0, 0.05) is 38.2 Å². The number of nitrogens with zero attached hydrogens (tertiary/aromatic N) is 5. The summed E-state index contributed by atoms with van der Waals surface area (Å²) in [6, 6.07) is 8.34. The van der Waals surface area contributed by atoms with Crippen LogP contribution in [0.3, 0.4) is 0 Å². The molecule has 3 aromatic heterocycles. The smallest absolute Gasteiger partial charge is 0.167 e. The molecule has 0 aromatic carbocycles. The Kier molecular flexibility index (Phi) is 3.99. The molecule has 0 bridgehead atoms. The van der Waals surface area contributed by atoms with Crippen LogP contribution >= 0.6 is 0 Å². The van der Waals surface area contributed by atoms with E-state index in [2.05, 4.69) is 26.2 Å². The quantitative estimate of drug-likeness (QED) is 0.790. The highest BCUT2D eigenvalue weighted by atomic mass is 16.5. The number of fused-ring (bicyclic) bond motifs is 1. The number of H-pyrrole nitrogens is 1. The molecule has 0 spiro atoms. The van der Waals surface area contributed by atoms with Crippen LogP contribution < -0.4 is 0 Å². The number of aromatic nitrogens is 4. The molecular formula is C18H20N6O. The summed E-state index contributed by atoms with van der Waals surface area (Å²) in [5.74, 6) is 1.60. The molecule has 1 aliphatic heterocycles. The summed E-state index contributed by atoms with van der Waals surface area (Å²) in [5.41, 5.74) is 2.68. The number of ether oxygens (including phenoxy) is 1. The van der Waals surface area contributed by atoms with E-state index in [9.17, 15) is 5.26 Å². The number of hydrogen-bond donors (Lipinski definition) is 1. The van der Waals surface area contributed by atoms with E-state index in [1.165, 1.54) is 0 Å². The lowest BCUT2D eigenvalue weighted by Crippen LogP contribution is -2.25. The first kappa shape index (κ1) is 15.8. The van der Waals surface area contributed by atoms with Crippen LogP contribution in [0.2, 0.25) is 0 Å². The number of nitrogens with one attached hydrogen (secondary N) is 1. The topological polar surface area (TPSA) is 82.2 Å². The van der Waals surface area contributed by atoms with Crippen molar-refractivity contribution in [2.45, 2.75) is 32.0 Å². The molecule has 7 heteroatoms. The monoisotopic (exact) mass is 336 g/mol. The van der Waals surface area contributed by atoms with Gasteiger partial charge in [-0.05, 0) is 25.5 Å². The molecule has 2 atom stereocenters. The van der Waals surface area contributed by atoms with E-state index in [0.29, 0.717) is 6.54 Å². The summed E-state index contributed by atoms with van der Waals surface area (Å²) >= 11 is 0. The van der Waals surface area contributed by atoms with E-state index in [-0.39, 0.29) is 12.1 Å². The van der Waals surface area contributed by atoms with Gasteiger partial charge in [0.25, 0.3) is 0 Å². The van der Waals surface area contributed by atoms with Crippen LogP contribution in [0.5, 0.6) is 0 Å². The van der Waals surface area contributed by atoms with E-state index in [1.54, 1.807) is 7.11 Å². The van der Waals surface area contributed by atoms with Gasteiger partial charge in [-0.1, -0.05) is 6.07 Å². The van der Waals surface area contributed by atoms with E-state index in [0.717, 1.165) is 41.3 Å². The lowest BCUT2D eigenvalue weighted by Gasteiger charge is -2.21. The molecule has 25 heavy (non-hydrogen) atoms. The Morgan fingerprint density at radius 1 is 1.44 bits per heavy atom. The van der Waals surface area contributed by atoms with Gasteiger partial charge in [-0.2, -0.15) is 10.4 Å². The molecule has 0 unspecified atom stereocenters. The Labute approximate surface area is 145 Å². The van der Waals surface area contributed by atoms with Gasteiger partial charge in [0.2, 0.25) is 0 Å². The predicted molar refractivity (Wildman–Crippen MR) is 91.8 cm³/mol. The van der Waals surface area contributed by atoms with E-state index < -0.39 is 0 Å². The normalized spacial score (nSPS) is 21.0. The van der Waals surface area contributed by atoms with E-state index in [4.69, 9.17) is 4.74 Å². The Balaban J connectivity index is 1.67. The highest BCUT2D eigenvalue weighted by Crippen LogP contribution is 2.33. The van der Waals surface area contributed by atoms with E-state index >= 15 is 0 Å². The number of nitriles is 1. The summed E-state index contributed by atoms with van der Waals surface area (Å²) in [7, 11) is 1.74. The van der Waals surface area contributed by atoms with Gasteiger partial charge in [-0.25, -0.2) is 4.98 Å². The lowest BCUT2D eigenvalue weighted by molar-refractivity contribution is 0.107. The average molecular weight is 336 g/mol. The second-order valence-electron chi connectivity index (χ2n) is 6.45.